The molecule has 1 atom stereocenters. The maximum Gasteiger partial charge on any atom is 0.161 e. The normalized spacial score (nSPS) is 16.4. The molecule has 0 aliphatic carbocycles. The van der Waals surface area contributed by atoms with Crippen LogP contribution < -0.4 is 14.8 Å². The Morgan fingerprint density at radius 1 is 1.21 bits per heavy atom. The van der Waals surface area contributed by atoms with Crippen LogP contribution in [-0.4, -0.2) is 20.3 Å². The van der Waals surface area contributed by atoms with Crippen molar-refractivity contribution in [2.24, 2.45) is 0 Å². The first-order valence-corrected chi connectivity index (χ1v) is 5.00. The van der Waals surface area contributed by atoms with Crippen LogP contribution in [0.1, 0.15) is 18.5 Å². The summed E-state index contributed by atoms with van der Waals surface area (Å²) in [4.78, 5) is 0. The van der Waals surface area contributed by atoms with E-state index < -0.39 is 0 Å². The van der Waals surface area contributed by atoms with E-state index in [-0.39, 0.29) is 0 Å². The number of hydrogen-bond acceptors (Lipinski definition) is 2. The number of nitrogens with two attached hydrogens (primary N) is 1. The second-order valence-electron chi connectivity index (χ2n) is 3.53. The van der Waals surface area contributed by atoms with E-state index in [9.17, 15) is 0 Å². The molecular formula is C11H16NO2+. The molecule has 2 rings (SSSR count). The van der Waals surface area contributed by atoms with Crippen molar-refractivity contribution in [2.75, 3.05) is 20.3 Å². The van der Waals surface area contributed by atoms with Gasteiger partial charge >= 0.3 is 0 Å². The largest absolute Gasteiger partial charge is 0.486 e. The summed E-state index contributed by atoms with van der Waals surface area (Å²) >= 11 is 0. The molecule has 76 valence electrons. The van der Waals surface area contributed by atoms with E-state index in [0.717, 1.165) is 11.5 Å². The van der Waals surface area contributed by atoms with Gasteiger partial charge < -0.3 is 14.8 Å². The van der Waals surface area contributed by atoms with Gasteiger partial charge in [0.2, 0.25) is 0 Å². The first-order chi connectivity index (χ1) is 6.81. The molecule has 1 aliphatic heterocycles. The van der Waals surface area contributed by atoms with Gasteiger partial charge in [-0.1, -0.05) is 0 Å². The lowest BCUT2D eigenvalue weighted by Gasteiger charge is -2.19. The van der Waals surface area contributed by atoms with Crippen LogP contribution in [0, 0.1) is 0 Å². The van der Waals surface area contributed by atoms with Gasteiger partial charge in [-0.2, -0.15) is 0 Å². The Balaban J connectivity index is 2.29. The molecule has 0 aromatic heterocycles. The maximum absolute atomic E-state index is 5.52. The van der Waals surface area contributed by atoms with Crippen molar-refractivity contribution in [2.45, 2.75) is 13.0 Å². The molecule has 14 heavy (non-hydrogen) atoms. The lowest BCUT2D eigenvalue weighted by Crippen LogP contribution is -2.80. The van der Waals surface area contributed by atoms with Crippen molar-refractivity contribution < 1.29 is 14.8 Å². The minimum absolute atomic E-state index is 0.464. The van der Waals surface area contributed by atoms with Crippen molar-refractivity contribution >= 4 is 0 Å². The van der Waals surface area contributed by atoms with E-state index in [4.69, 9.17) is 9.47 Å². The number of benzene rings is 1. The zero-order valence-corrected chi connectivity index (χ0v) is 8.62. The van der Waals surface area contributed by atoms with Crippen molar-refractivity contribution in [1.82, 2.24) is 0 Å². The molecule has 0 saturated heterocycles. The zero-order valence-electron chi connectivity index (χ0n) is 8.62. The Hall–Kier alpha value is -1.22. The Labute approximate surface area is 84.0 Å². The van der Waals surface area contributed by atoms with Gasteiger partial charge in [0.05, 0.1) is 7.05 Å². The fraction of sp³-hybridized carbons (Fsp3) is 0.455. The van der Waals surface area contributed by atoms with Crippen molar-refractivity contribution in [1.29, 1.82) is 0 Å². The Bertz CT molecular complexity index is 325. The summed E-state index contributed by atoms with van der Waals surface area (Å²) in [5.41, 5.74) is 1.27. The smallest absolute Gasteiger partial charge is 0.161 e. The van der Waals surface area contributed by atoms with Crippen LogP contribution in [0.3, 0.4) is 0 Å². The van der Waals surface area contributed by atoms with Gasteiger partial charge in [0.15, 0.2) is 11.5 Å². The Morgan fingerprint density at radius 2 is 1.93 bits per heavy atom. The third-order valence-electron chi connectivity index (χ3n) is 2.59. The van der Waals surface area contributed by atoms with Gasteiger partial charge in [-0.15, -0.1) is 0 Å². The quantitative estimate of drug-likeness (QED) is 0.752. The van der Waals surface area contributed by atoms with E-state index >= 15 is 0 Å². The molecule has 3 nitrogen and oxygen atoms in total. The molecule has 0 bridgehead atoms. The molecule has 0 radical (unpaired) electrons. The number of hydrogen-bond donors (Lipinski definition) is 1. The van der Waals surface area contributed by atoms with Crippen LogP contribution in [0.2, 0.25) is 0 Å². The van der Waals surface area contributed by atoms with Crippen LogP contribution in [0.5, 0.6) is 11.5 Å². The van der Waals surface area contributed by atoms with Crippen LogP contribution in [0.15, 0.2) is 18.2 Å². The number of fused-ring (bicyclic) bond motifs is 1. The minimum atomic E-state index is 0.464. The van der Waals surface area contributed by atoms with Gasteiger partial charge in [-0.05, 0) is 25.1 Å². The number of ether oxygens (including phenoxy) is 2. The van der Waals surface area contributed by atoms with Gasteiger partial charge in [-0.25, -0.2) is 0 Å². The molecule has 0 unspecified atom stereocenters. The topological polar surface area (TPSA) is 35.1 Å². The molecule has 0 spiro atoms. The summed E-state index contributed by atoms with van der Waals surface area (Å²) < 4.78 is 11.0. The Morgan fingerprint density at radius 3 is 2.64 bits per heavy atom. The summed E-state index contributed by atoms with van der Waals surface area (Å²) in [6.45, 7) is 3.48. The lowest BCUT2D eigenvalue weighted by atomic mass is 10.1. The lowest BCUT2D eigenvalue weighted by molar-refractivity contribution is -0.666. The average molecular weight is 194 g/mol. The molecule has 0 saturated carbocycles. The minimum Gasteiger partial charge on any atom is -0.486 e. The number of rotatable bonds is 2. The SMILES string of the molecule is C[NH2+][C@@H](C)c1ccc2c(c1)OCCO2. The predicted molar refractivity (Wildman–Crippen MR) is 53.7 cm³/mol. The summed E-state index contributed by atoms with van der Waals surface area (Å²) in [5.74, 6) is 1.74. The van der Waals surface area contributed by atoms with Gasteiger partial charge in [0.25, 0.3) is 0 Å². The molecule has 1 aromatic rings. The molecular weight excluding hydrogens is 178 g/mol. The highest BCUT2D eigenvalue weighted by atomic mass is 16.6. The highest BCUT2D eigenvalue weighted by Gasteiger charge is 2.14. The highest BCUT2D eigenvalue weighted by molar-refractivity contribution is 5.44. The second-order valence-corrected chi connectivity index (χ2v) is 3.53. The standard InChI is InChI=1S/C11H15NO2/c1-8(12-2)9-3-4-10-11(7-9)14-6-5-13-10/h3-4,7-8,12H,5-6H2,1-2H3/p+1/t8-/m0/s1. The van der Waals surface area contributed by atoms with E-state index in [2.05, 4.69) is 31.4 Å². The van der Waals surface area contributed by atoms with Crippen LogP contribution in [0.4, 0.5) is 0 Å². The summed E-state index contributed by atoms with van der Waals surface area (Å²) in [5, 5.41) is 2.17. The van der Waals surface area contributed by atoms with Crippen molar-refractivity contribution in [3.05, 3.63) is 23.8 Å². The van der Waals surface area contributed by atoms with E-state index in [1.54, 1.807) is 0 Å². The molecule has 3 heteroatoms. The zero-order chi connectivity index (χ0) is 9.97. The van der Waals surface area contributed by atoms with Crippen LogP contribution in [0.25, 0.3) is 0 Å². The van der Waals surface area contributed by atoms with Gasteiger partial charge in [-0.3, -0.25) is 0 Å². The van der Waals surface area contributed by atoms with Gasteiger partial charge in [0, 0.05) is 5.56 Å². The summed E-state index contributed by atoms with van der Waals surface area (Å²) in [6, 6.07) is 6.62. The van der Waals surface area contributed by atoms with Crippen LogP contribution in [-0.2, 0) is 0 Å². The summed E-state index contributed by atoms with van der Waals surface area (Å²) in [7, 11) is 2.07. The number of quaternary nitrogens is 1. The third kappa shape index (κ3) is 1.68. The van der Waals surface area contributed by atoms with E-state index in [1.165, 1.54) is 5.56 Å². The van der Waals surface area contributed by atoms with E-state index in [1.807, 2.05) is 6.07 Å². The predicted octanol–water partition coefficient (Wildman–Crippen LogP) is 0.712. The average Bonchev–Trinajstić information content (AvgIpc) is 2.27. The van der Waals surface area contributed by atoms with E-state index in [0.29, 0.717) is 19.3 Å². The van der Waals surface area contributed by atoms with Crippen molar-refractivity contribution in [3.8, 4) is 11.5 Å². The monoisotopic (exact) mass is 194 g/mol. The molecule has 0 fully saturated rings. The van der Waals surface area contributed by atoms with Gasteiger partial charge in [0.1, 0.15) is 19.3 Å². The molecule has 1 aromatic carbocycles. The maximum atomic E-state index is 5.52. The fourth-order valence-electron chi connectivity index (χ4n) is 1.54. The van der Waals surface area contributed by atoms with Crippen LogP contribution >= 0.6 is 0 Å². The molecule has 1 heterocycles. The first-order valence-electron chi connectivity index (χ1n) is 5.00. The summed E-state index contributed by atoms with van der Waals surface area (Å²) in [6.07, 6.45) is 0. The highest BCUT2D eigenvalue weighted by Crippen LogP contribution is 2.31. The molecule has 2 N–H and O–H groups in total. The first kappa shape index (κ1) is 9.34. The Kier molecular flexibility index (Phi) is 2.59. The fourth-order valence-corrected chi connectivity index (χ4v) is 1.54. The molecule has 0 amide bonds. The van der Waals surface area contributed by atoms with Crippen molar-refractivity contribution in [3.63, 3.8) is 0 Å². The second kappa shape index (κ2) is 3.88. The third-order valence-corrected chi connectivity index (χ3v) is 2.59. The molecule has 1 aliphatic rings.